The van der Waals surface area contributed by atoms with Crippen LogP contribution in [0.25, 0.3) is 0 Å². The first-order valence-corrected chi connectivity index (χ1v) is 8.29. The molecule has 0 aliphatic heterocycles. The smallest absolute Gasteiger partial charge is 0.341 e. The monoisotopic (exact) mass is 322 g/mol. The molecule has 2 amide bonds. The first-order valence-electron chi connectivity index (χ1n) is 8.29. The molecule has 2 N–H and O–H groups in total. The lowest BCUT2D eigenvalue weighted by Crippen LogP contribution is -2.44. The molecule has 0 radical (unpaired) electrons. The van der Waals surface area contributed by atoms with E-state index in [1.54, 1.807) is 4.90 Å². The quantitative estimate of drug-likeness (QED) is 0.792. The lowest BCUT2D eigenvalue weighted by Gasteiger charge is -2.26. The number of nitrogens with one attached hydrogen (secondary N) is 1. The largest absolute Gasteiger partial charge is 0.387 e. The molecule has 1 atom stereocenters. The second-order valence-electron chi connectivity index (χ2n) is 6.38. The van der Waals surface area contributed by atoms with Crippen LogP contribution in [0.1, 0.15) is 50.2 Å². The van der Waals surface area contributed by atoms with Gasteiger partial charge in [-0.05, 0) is 43.4 Å². The van der Waals surface area contributed by atoms with Crippen molar-refractivity contribution in [2.75, 3.05) is 6.54 Å². The highest BCUT2D eigenvalue weighted by Gasteiger charge is 2.34. The third-order valence-electron chi connectivity index (χ3n) is 4.49. The van der Waals surface area contributed by atoms with Crippen LogP contribution in [0, 0.1) is 5.82 Å². The summed E-state index contributed by atoms with van der Waals surface area (Å²) in [7, 11) is 0. The van der Waals surface area contributed by atoms with E-state index in [1.807, 2.05) is 0 Å². The summed E-state index contributed by atoms with van der Waals surface area (Å²) in [5.74, 6) is -0.345. The number of carbonyl (C=O) groups excluding carboxylic acids is 1. The topological polar surface area (TPSA) is 61.8 Å². The van der Waals surface area contributed by atoms with Crippen molar-refractivity contribution in [2.24, 2.45) is 0 Å². The maximum Gasteiger partial charge on any atom is 0.341 e. The first kappa shape index (κ1) is 16.2. The van der Waals surface area contributed by atoms with Gasteiger partial charge in [-0.3, -0.25) is 4.84 Å². The third kappa shape index (κ3) is 4.42. The van der Waals surface area contributed by atoms with Crippen LogP contribution < -0.4 is 5.48 Å². The molecule has 0 heterocycles. The Bertz CT molecular complexity index is 527. The third-order valence-corrected chi connectivity index (χ3v) is 4.49. The summed E-state index contributed by atoms with van der Waals surface area (Å²) >= 11 is 0. The van der Waals surface area contributed by atoms with Crippen LogP contribution in [-0.4, -0.2) is 34.7 Å². The summed E-state index contributed by atoms with van der Waals surface area (Å²) in [6.45, 7) is 0.177. The fraction of sp³-hybridized carbons (Fsp3) is 0.588. The second kappa shape index (κ2) is 7.27. The number of benzene rings is 1. The van der Waals surface area contributed by atoms with Gasteiger partial charge in [-0.15, -0.1) is 0 Å². The Balaban J connectivity index is 1.55. The lowest BCUT2D eigenvalue weighted by atomic mass is 10.1. The number of rotatable bonds is 6. The Labute approximate surface area is 135 Å². The summed E-state index contributed by atoms with van der Waals surface area (Å²) in [5, 5.41) is 10.3. The molecule has 2 saturated carbocycles. The van der Waals surface area contributed by atoms with Crippen LogP contribution in [0.3, 0.4) is 0 Å². The van der Waals surface area contributed by atoms with Crippen LogP contribution in [0.2, 0.25) is 0 Å². The van der Waals surface area contributed by atoms with E-state index in [0.29, 0.717) is 5.56 Å². The van der Waals surface area contributed by atoms with Gasteiger partial charge in [0.2, 0.25) is 0 Å². The molecule has 23 heavy (non-hydrogen) atoms. The van der Waals surface area contributed by atoms with Crippen molar-refractivity contribution < 1.29 is 19.1 Å². The van der Waals surface area contributed by atoms with Gasteiger partial charge in [-0.1, -0.05) is 25.0 Å². The average Bonchev–Trinajstić information content (AvgIpc) is 3.26. The lowest BCUT2D eigenvalue weighted by molar-refractivity contribution is -0.0115. The van der Waals surface area contributed by atoms with Gasteiger partial charge in [0.25, 0.3) is 0 Å². The predicted octanol–water partition coefficient (Wildman–Crippen LogP) is 2.91. The van der Waals surface area contributed by atoms with Crippen molar-refractivity contribution in [1.29, 1.82) is 0 Å². The number of hydrogen-bond acceptors (Lipinski definition) is 3. The molecule has 1 aromatic rings. The molecular weight excluding hydrogens is 299 g/mol. The molecule has 3 rings (SSSR count). The molecule has 1 unspecified atom stereocenters. The van der Waals surface area contributed by atoms with Gasteiger partial charge in [-0.25, -0.2) is 14.7 Å². The van der Waals surface area contributed by atoms with Crippen molar-refractivity contribution in [3.05, 3.63) is 35.6 Å². The second-order valence-corrected chi connectivity index (χ2v) is 6.38. The number of nitrogens with zero attached hydrogens (tertiary/aromatic N) is 1. The maximum atomic E-state index is 13.0. The first-order chi connectivity index (χ1) is 11.1. The minimum atomic E-state index is -0.839. The minimum absolute atomic E-state index is 0.0991. The predicted molar refractivity (Wildman–Crippen MR) is 83.0 cm³/mol. The van der Waals surface area contributed by atoms with Crippen LogP contribution in [0.5, 0.6) is 0 Å². The van der Waals surface area contributed by atoms with Crippen LogP contribution >= 0.6 is 0 Å². The number of halogens is 1. The Hall–Kier alpha value is -1.66. The molecule has 2 aliphatic carbocycles. The number of hydroxylamine groups is 1. The molecule has 2 fully saturated rings. The molecule has 6 heteroatoms. The Kier molecular flexibility index (Phi) is 5.13. The normalized spacial score (nSPS) is 19.6. The van der Waals surface area contributed by atoms with Gasteiger partial charge in [0.05, 0.1) is 18.8 Å². The molecule has 0 bridgehead atoms. The molecule has 1 aromatic carbocycles. The number of aliphatic hydroxyl groups excluding tert-OH is 1. The Morgan fingerprint density at radius 3 is 2.52 bits per heavy atom. The zero-order valence-corrected chi connectivity index (χ0v) is 13.1. The average molecular weight is 322 g/mol. The highest BCUT2D eigenvalue weighted by Crippen LogP contribution is 2.29. The summed E-state index contributed by atoms with van der Waals surface area (Å²) in [6.07, 6.45) is 5.35. The molecule has 5 nitrogen and oxygen atoms in total. The van der Waals surface area contributed by atoms with E-state index in [-0.39, 0.29) is 30.5 Å². The van der Waals surface area contributed by atoms with E-state index >= 15 is 0 Å². The molecular formula is C17H23FN2O3. The minimum Gasteiger partial charge on any atom is -0.387 e. The van der Waals surface area contributed by atoms with E-state index in [0.717, 1.165) is 38.5 Å². The fourth-order valence-corrected chi connectivity index (χ4v) is 2.96. The molecule has 126 valence electrons. The van der Waals surface area contributed by atoms with Crippen LogP contribution in [0.15, 0.2) is 24.3 Å². The van der Waals surface area contributed by atoms with Crippen LogP contribution in [-0.2, 0) is 4.84 Å². The number of urea groups is 1. The summed E-state index contributed by atoms with van der Waals surface area (Å²) in [4.78, 5) is 19.4. The fourth-order valence-electron chi connectivity index (χ4n) is 2.96. The van der Waals surface area contributed by atoms with Crippen molar-refractivity contribution in [3.8, 4) is 0 Å². The maximum absolute atomic E-state index is 13.0. The number of hydrogen-bond donors (Lipinski definition) is 2. The standard InChI is InChI=1S/C17H23FN2O3/c18-13-7-5-12(6-8-13)16(21)11-20(14-9-10-14)17(22)19-23-15-3-1-2-4-15/h5-8,14-16,21H,1-4,9-11H2,(H,19,22). The molecule has 0 spiro atoms. The molecule has 2 aliphatic rings. The van der Waals surface area contributed by atoms with Gasteiger partial charge in [-0.2, -0.15) is 0 Å². The van der Waals surface area contributed by atoms with Crippen LogP contribution in [0.4, 0.5) is 9.18 Å². The van der Waals surface area contributed by atoms with Crippen molar-refractivity contribution in [3.63, 3.8) is 0 Å². The molecule has 0 saturated heterocycles. The van der Waals surface area contributed by atoms with Gasteiger partial charge in [0.1, 0.15) is 5.82 Å². The highest BCUT2D eigenvalue weighted by atomic mass is 19.1. The van der Waals surface area contributed by atoms with Gasteiger partial charge in [0.15, 0.2) is 0 Å². The Morgan fingerprint density at radius 1 is 1.26 bits per heavy atom. The zero-order valence-electron chi connectivity index (χ0n) is 13.1. The van der Waals surface area contributed by atoms with E-state index in [2.05, 4.69) is 5.48 Å². The van der Waals surface area contributed by atoms with Gasteiger partial charge in [0, 0.05) is 6.04 Å². The van der Waals surface area contributed by atoms with Crippen molar-refractivity contribution in [2.45, 2.75) is 56.8 Å². The molecule has 0 aromatic heterocycles. The van der Waals surface area contributed by atoms with Gasteiger partial charge < -0.3 is 10.0 Å². The van der Waals surface area contributed by atoms with E-state index < -0.39 is 6.10 Å². The Morgan fingerprint density at radius 2 is 1.91 bits per heavy atom. The van der Waals surface area contributed by atoms with E-state index in [1.165, 1.54) is 24.3 Å². The number of aliphatic hydroxyl groups is 1. The number of amides is 2. The van der Waals surface area contributed by atoms with Gasteiger partial charge >= 0.3 is 6.03 Å². The van der Waals surface area contributed by atoms with Crippen molar-refractivity contribution in [1.82, 2.24) is 10.4 Å². The summed E-state index contributed by atoms with van der Waals surface area (Å²) < 4.78 is 13.0. The van der Waals surface area contributed by atoms with Crippen molar-refractivity contribution >= 4 is 6.03 Å². The number of carbonyl (C=O) groups is 1. The van der Waals surface area contributed by atoms with E-state index in [9.17, 15) is 14.3 Å². The highest BCUT2D eigenvalue weighted by molar-refractivity contribution is 5.73. The van der Waals surface area contributed by atoms with E-state index in [4.69, 9.17) is 4.84 Å². The summed E-state index contributed by atoms with van der Waals surface area (Å²) in [5.41, 5.74) is 3.13. The SMILES string of the molecule is O=C(NOC1CCCC1)N(CC(O)c1ccc(F)cc1)C1CC1. The summed E-state index contributed by atoms with van der Waals surface area (Å²) in [6, 6.07) is 5.54. The zero-order chi connectivity index (χ0) is 16.2.